The van der Waals surface area contributed by atoms with Gasteiger partial charge in [-0.25, -0.2) is 4.57 Å². The largest absolute Gasteiger partial charge is 0.480 e. The average Bonchev–Trinajstić information content (AvgIpc) is 2.79. The van der Waals surface area contributed by atoms with Gasteiger partial charge in [-0.1, -0.05) is 0 Å². The number of aliphatic hydroxyl groups is 3. The van der Waals surface area contributed by atoms with Crippen LogP contribution in [-0.4, -0.2) is 116 Å². The second-order valence-corrected chi connectivity index (χ2v) is 8.53. The van der Waals surface area contributed by atoms with Gasteiger partial charge < -0.3 is 51.3 Å². The number of phosphoric acid groups is 1. The molecular weight excluding hydrogens is 521 g/mol. The Kier molecular flexibility index (Phi) is 14.8. The van der Waals surface area contributed by atoms with Crippen molar-refractivity contribution in [2.75, 3.05) is 18.9 Å². The Bertz CT molecular complexity index is 795. The van der Waals surface area contributed by atoms with Crippen LogP contribution in [0.5, 0.6) is 0 Å². The van der Waals surface area contributed by atoms with Crippen LogP contribution in [-0.2, 0) is 37.8 Å². The molecule has 10 N–H and O–H groups in total. The number of hydrogen-bond donors (Lipinski definition) is 10. The number of carbonyl (C=O) groups is 5. The Morgan fingerprint density at radius 1 is 1.11 bits per heavy atom. The molecule has 202 valence electrons. The molecule has 0 rings (SSSR count). The monoisotopic (exact) mass is 549 g/mol. The highest BCUT2D eigenvalue weighted by molar-refractivity contribution is 7.80. The number of carbonyl (C=O) groups excluding carboxylic acids is 4. The van der Waals surface area contributed by atoms with Crippen molar-refractivity contribution in [3.05, 3.63) is 0 Å². The van der Waals surface area contributed by atoms with Crippen LogP contribution in [0, 0.1) is 0 Å². The molecule has 19 heteroatoms. The maximum Gasteiger partial charge on any atom is 0.469 e. The number of aliphatic hydroxyl groups excluding tert-OH is 3. The zero-order valence-corrected chi connectivity index (χ0v) is 19.8. The van der Waals surface area contributed by atoms with Gasteiger partial charge in [0.2, 0.25) is 11.8 Å². The lowest BCUT2D eigenvalue weighted by molar-refractivity contribution is -0.167. The molecule has 2 unspecified atom stereocenters. The Hall–Kier alpha value is -2.15. The van der Waals surface area contributed by atoms with Crippen molar-refractivity contribution < 1.29 is 68.0 Å². The third-order valence-electron chi connectivity index (χ3n) is 4.14. The number of aldehydes is 1. The minimum absolute atomic E-state index is 0.108. The van der Waals surface area contributed by atoms with Crippen LogP contribution >= 0.6 is 20.5 Å². The second-order valence-electron chi connectivity index (χ2n) is 6.93. The summed E-state index contributed by atoms with van der Waals surface area (Å²) in [6.45, 7) is -1.99. The molecule has 0 radical (unpaired) electrons. The van der Waals surface area contributed by atoms with Crippen molar-refractivity contribution in [2.24, 2.45) is 5.73 Å². The van der Waals surface area contributed by atoms with Gasteiger partial charge in [0.15, 0.2) is 12.4 Å². The first kappa shape index (κ1) is 32.8. The summed E-state index contributed by atoms with van der Waals surface area (Å²) in [4.78, 5) is 74.7. The fourth-order valence-corrected chi connectivity index (χ4v) is 2.82. The lowest BCUT2D eigenvalue weighted by atomic mass is 10.0. The van der Waals surface area contributed by atoms with Gasteiger partial charge in [0.1, 0.15) is 36.9 Å². The standard InChI is InChI=1S/C16H28N3O14PS/c17-7(16(27)28)1-2-11(22)19-8(6-35)15(26)18-3-12(23)33-10(4-20)14(25)13(24)9(21)5-32-34(29,30)31/h4,7-10,13-14,21,24-25,35H,1-3,5-6,17H2,(H,18,26)(H,19,22)(H,27,28)(H2,29,30,31)/t7?,8?,9-,10+,13-,14-/m1/s1. The van der Waals surface area contributed by atoms with E-state index in [2.05, 4.69) is 32.5 Å². The molecule has 0 saturated heterocycles. The molecule has 0 aromatic carbocycles. The molecule has 0 aromatic rings. The average molecular weight is 549 g/mol. The first-order valence-electron chi connectivity index (χ1n) is 9.68. The van der Waals surface area contributed by atoms with Crippen molar-refractivity contribution in [1.82, 2.24) is 10.6 Å². The number of carboxylic acid groups (broad SMARTS) is 1. The molecule has 0 saturated carbocycles. The number of phosphoric ester groups is 1. The summed E-state index contributed by atoms with van der Waals surface area (Å²) >= 11 is 3.89. The summed E-state index contributed by atoms with van der Waals surface area (Å²) in [5, 5.41) is 42.3. The molecule has 0 spiro atoms. The second kappa shape index (κ2) is 15.8. The van der Waals surface area contributed by atoms with E-state index in [0.717, 1.165) is 0 Å². The smallest absolute Gasteiger partial charge is 0.469 e. The third-order valence-corrected chi connectivity index (χ3v) is 4.99. The van der Waals surface area contributed by atoms with Gasteiger partial charge in [-0.05, 0) is 6.42 Å². The number of rotatable bonds is 17. The van der Waals surface area contributed by atoms with E-state index in [9.17, 15) is 43.9 Å². The highest BCUT2D eigenvalue weighted by Crippen LogP contribution is 2.35. The quantitative estimate of drug-likeness (QED) is 0.0352. The number of amides is 2. The number of thiol groups is 1. The zero-order valence-electron chi connectivity index (χ0n) is 18.0. The van der Waals surface area contributed by atoms with Gasteiger partial charge in [0.25, 0.3) is 0 Å². The molecule has 6 atom stereocenters. The summed E-state index contributed by atoms with van der Waals surface area (Å²) in [5.74, 6) is -4.41. The number of hydrogen-bond acceptors (Lipinski definition) is 13. The SMILES string of the molecule is NC(CCC(=O)NC(CS)C(=O)NCC(=O)O[C@@H](C=O)[C@@H](O)[C@H](O)[C@H](O)COP(=O)(O)O)C(=O)O. The van der Waals surface area contributed by atoms with E-state index >= 15 is 0 Å². The van der Waals surface area contributed by atoms with Crippen LogP contribution in [0.1, 0.15) is 12.8 Å². The zero-order chi connectivity index (χ0) is 27.3. The van der Waals surface area contributed by atoms with Gasteiger partial charge in [0, 0.05) is 12.2 Å². The Morgan fingerprint density at radius 3 is 2.20 bits per heavy atom. The summed E-state index contributed by atoms with van der Waals surface area (Å²) in [6.07, 6.45) is -9.19. The van der Waals surface area contributed by atoms with Gasteiger partial charge >= 0.3 is 19.8 Å². The van der Waals surface area contributed by atoms with Crippen LogP contribution in [0.2, 0.25) is 0 Å². The van der Waals surface area contributed by atoms with E-state index in [1.54, 1.807) is 0 Å². The molecule has 0 heterocycles. The number of carboxylic acids is 1. The molecule has 0 fully saturated rings. The minimum atomic E-state index is -5.00. The molecule has 2 amide bonds. The molecule has 35 heavy (non-hydrogen) atoms. The van der Waals surface area contributed by atoms with Gasteiger partial charge in [-0.2, -0.15) is 12.6 Å². The van der Waals surface area contributed by atoms with Crippen molar-refractivity contribution >= 4 is 50.5 Å². The maximum absolute atomic E-state index is 12.1. The fourth-order valence-electron chi connectivity index (χ4n) is 2.22. The number of nitrogens with two attached hydrogens (primary N) is 1. The van der Waals surface area contributed by atoms with Crippen molar-refractivity contribution in [2.45, 2.75) is 49.3 Å². The highest BCUT2D eigenvalue weighted by Gasteiger charge is 2.35. The predicted molar refractivity (Wildman–Crippen MR) is 116 cm³/mol. The van der Waals surface area contributed by atoms with E-state index in [1.165, 1.54) is 0 Å². The first-order chi connectivity index (χ1) is 16.1. The van der Waals surface area contributed by atoms with Crippen molar-refractivity contribution in [1.29, 1.82) is 0 Å². The molecule has 0 aliphatic rings. The van der Waals surface area contributed by atoms with Gasteiger partial charge in [-0.3, -0.25) is 28.5 Å². The van der Waals surface area contributed by atoms with E-state index in [0.29, 0.717) is 0 Å². The summed E-state index contributed by atoms with van der Waals surface area (Å²) in [6, 6.07) is -2.52. The van der Waals surface area contributed by atoms with Crippen molar-refractivity contribution in [3.8, 4) is 0 Å². The predicted octanol–water partition coefficient (Wildman–Crippen LogP) is -4.99. The van der Waals surface area contributed by atoms with Crippen LogP contribution in [0.25, 0.3) is 0 Å². The van der Waals surface area contributed by atoms with Crippen LogP contribution in [0.3, 0.4) is 0 Å². The lowest BCUT2D eigenvalue weighted by Gasteiger charge is -2.26. The molecule has 0 aromatic heterocycles. The van der Waals surface area contributed by atoms with Crippen LogP contribution in [0.15, 0.2) is 0 Å². The fraction of sp³-hybridized carbons (Fsp3) is 0.688. The van der Waals surface area contributed by atoms with E-state index < -0.39 is 81.2 Å². The van der Waals surface area contributed by atoms with Crippen LogP contribution in [0.4, 0.5) is 0 Å². The molecule has 0 bridgehead atoms. The molecule has 0 aliphatic carbocycles. The number of esters is 1. The summed E-state index contributed by atoms with van der Waals surface area (Å²) in [7, 11) is -5.00. The Morgan fingerprint density at radius 2 is 1.71 bits per heavy atom. The van der Waals surface area contributed by atoms with E-state index in [4.69, 9.17) is 20.6 Å². The first-order valence-corrected chi connectivity index (χ1v) is 11.8. The third kappa shape index (κ3) is 13.5. The Labute approximate surface area is 203 Å². The normalized spacial score (nSPS) is 16.7. The lowest BCUT2D eigenvalue weighted by Crippen LogP contribution is -2.51. The van der Waals surface area contributed by atoms with Crippen molar-refractivity contribution in [3.63, 3.8) is 0 Å². The number of aliphatic carboxylic acids is 1. The van der Waals surface area contributed by atoms with Crippen LogP contribution < -0.4 is 16.4 Å². The van der Waals surface area contributed by atoms with E-state index in [-0.39, 0.29) is 24.9 Å². The van der Waals surface area contributed by atoms with Gasteiger partial charge in [-0.15, -0.1) is 0 Å². The Balaban J connectivity index is 4.72. The van der Waals surface area contributed by atoms with Gasteiger partial charge in [0.05, 0.1) is 6.61 Å². The molecular formula is C16H28N3O14PS. The number of nitrogens with one attached hydrogen (secondary N) is 2. The topological polar surface area (TPSA) is 292 Å². The highest BCUT2D eigenvalue weighted by atomic mass is 32.1. The molecule has 0 aliphatic heterocycles. The maximum atomic E-state index is 12.1. The number of ether oxygens (including phenoxy) is 1. The summed E-state index contributed by atoms with van der Waals surface area (Å²) in [5.41, 5.74) is 5.27. The summed E-state index contributed by atoms with van der Waals surface area (Å²) < 4.78 is 19.2. The minimum Gasteiger partial charge on any atom is -0.480 e. The molecule has 17 nitrogen and oxygen atoms in total. The van der Waals surface area contributed by atoms with E-state index in [1.807, 2.05) is 0 Å².